The van der Waals surface area contributed by atoms with Crippen LogP contribution in [0.15, 0.2) is 0 Å². The fourth-order valence-corrected chi connectivity index (χ4v) is 3.73. The standard InChI is InChI=1S/C14H25N3O2/c18-13(17-8-1-2-9-17)16-7-4-14-5-10-19-12(14)3-6-15-11-14/h12,15H,1-11H2,(H,16,18)/t12-,14+/m0/s1. The number of ether oxygens (including phenoxy) is 1. The van der Waals surface area contributed by atoms with Gasteiger partial charge in [-0.2, -0.15) is 0 Å². The molecule has 5 heteroatoms. The van der Waals surface area contributed by atoms with Gasteiger partial charge in [-0.1, -0.05) is 0 Å². The number of fused-ring (bicyclic) bond motifs is 1. The van der Waals surface area contributed by atoms with Gasteiger partial charge in [-0.15, -0.1) is 0 Å². The molecule has 3 rings (SSSR count). The van der Waals surface area contributed by atoms with E-state index in [1.807, 2.05) is 4.90 Å². The smallest absolute Gasteiger partial charge is 0.317 e. The first-order valence-electron chi connectivity index (χ1n) is 7.65. The van der Waals surface area contributed by atoms with Crippen LogP contribution in [0.1, 0.15) is 32.1 Å². The number of hydrogen-bond donors (Lipinski definition) is 2. The van der Waals surface area contributed by atoms with Crippen LogP contribution >= 0.6 is 0 Å². The Kier molecular flexibility index (Phi) is 3.93. The Morgan fingerprint density at radius 1 is 1.42 bits per heavy atom. The second-order valence-corrected chi connectivity index (χ2v) is 6.11. The Balaban J connectivity index is 1.47. The van der Waals surface area contributed by atoms with E-state index < -0.39 is 0 Å². The molecule has 108 valence electrons. The van der Waals surface area contributed by atoms with Crippen LogP contribution in [0.2, 0.25) is 0 Å². The van der Waals surface area contributed by atoms with Crippen molar-refractivity contribution in [3.63, 3.8) is 0 Å². The van der Waals surface area contributed by atoms with E-state index in [1.165, 1.54) is 0 Å². The normalized spacial score (nSPS) is 34.3. The highest BCUT2D eigenvalue weighted by atomic mass is 16.5. The zero-order valence-electron chi connectivity index (χ0n) is 11.6. The van der Waals surface area contributed by atoms with Crippen LogP contribution in [-0.4, -0.2) is 56.4 Å². The molecule has 0 bridgehead atoms. The van der Waals surface area contributed by atoms with Crippen LogP contribution < -0.4 is 10.6 Å². The Labute approximate surface area is 115 Å². The van der Waals surface area contributed by atoms with Crippen molar-refractivity contribution in [2.45, 2.75) is 38.2 Å². The highest BCUT2D eigenvalue weighted by Gasteiger charge is 2.45. The molecule has 0 aromatic carbocycles. The molecule has 0 aliphatic carbocycles. The Morgan fingerprint density at radius 3 is 3.11 bits per heavy atom. The quantitative estimate of drug-likeness (QED) is 0.800. The first-order chi connectivity index (χ1) is 9.30. The molecule has 0 aromatic rings. The molecule has 3 heterocycles. The van der Waals surface area contributed by atoms with Gasteiger partial charge in [0.1, 0.15) is 0 Å². The molecule has 5 nitrogen and oxygen atoms in total. The lowest BCUT2D eigenvalue weighted by molar-refractivity contribution is 0.0214. The van der Waals surface area contributed by atoms with E-state index in [9.17, 15) is 4.79 Å². The van der Waals surface area contributed by atoms with Crippen molar-refractivity contribution >= 4 is 6.03 Å². The highest BCUT2D eigenvalue weighted by Crippen LogP contribution is 2.40. The second-order valence-electron chi connectivity index (χ2n) is 6.11. The molecule has 3 fully saturated rings. The molecule has 3 saturated heterocycles. The van der Waals surface area contributed by atoms with E-state index in [-0.39, 0.29) is 11.4 Å². The summed E-state index contributed by atoms with van der Waals surface area (Å²) in [7, 11) is 0. The summed E-state index contributed by atoms with van der Waals surface area (Å²) in [6.45, 7) is 5.60. The van der Waals surface area contributed by atoms with E-state index in [0.717, 1.165) is 71.4 Å². The van der Waals surface area contributed by atoms with Crippen LogP contribution in [0.5, 0.6) is 0 Å². The number of nitrogens with zero attached hydrogens (tertiary/aromatic N) is 1. The minimum absolute atomic E-state index is 0.119. The molecular weight excluding hydrogens is 242 g/mol. The minimum atomic E-state index is 0.119. The SMILES string of the molecule is O=C(NCC[C@]12CCO[C@H]1CCNC2)N1CCCC1. The van der Waals surface area contributed by atoms with Gasteiger partial charge in [0.2, 0.25) is 0 Å². The number of nitrogens with one attached hydrogen (secondary N) is 2. The van der Waals surface area contributed by atoms with Gasteiger partial charge < -0.3 is 20.3 Å². The predicted molar refractivity (Wildman–Crippen MR) is 73.1 cm³/mol. The van der Waals surface area contributed by atoms with Crippen LogP contribution in [0, 0.1) is 5.41 Å². The number of piperidine rings is 1. The Hall–Kier alpha value is -0.810. The molecule has 0 unspecified atom stereocenters. The number of urea groups is 1. The molecule has 0 spiro atoms. The van der Waals surface area contributed by atoms with Crippen LogP contribution in [0.4, 0.5) is 4.79 Å². The van der Waals surface area contributed by atoms with Gasteiger partial charge in [0, 0.05) is 38.2 Å². The predicted octanol–water partition coefficient (Wildman–Crippen LogP) is 0.950. The summed E-state index contributed by atoms with van der Waals surface area (Å²) in [6, 6.07) is 0.119. The van der Waals surface area contributed by atoms with E-state index in [1.54, 1.807) is 0 Å². The van der Waals surface area contributed by atoms with E-state index in [0.29, 0.717) is 6.10 Å². The third-order valence-electron chi connectivity index (χ3n) is 4.95. The van der Waals surface area contributed by atoms with Gasteiger partial charge in [0.25, 0.3) is 0 Å². The molecule has 2 atom stereocenters. The van der Waals surface area contributed by atoms with Gasteiger partial charge >= 0.3 is 6.03 Å². The van der Waals surface area contributed by atoms with Crippen molar-refractivity contribution in [2.75, 3.05) is 39.3 Å². The number of carbonyl (C=O) groups excluding carboxylic acids is 1. The van der Waals surface area contributed by atoms with Gasteiger partial charge in [0.05, 0.1) is 6.10 Å². The van der Waals surface area contributed by atoms with E-state index >= 15 is 0 Å². The lowest BCUT2D eigenvalue weighted by Gasteiger charge is -2.38. The van der Waals surface area contributed by atoms with Gasteiger partial charge in [-0.25, -0.2) is 4.79 Å². The molecule has 3 aliphatic heterocycles. The van der Waals surface area contributed by atoms with E-state index in [4.69, 9.17) is 4.74 Å². The van der Waals surface area contributed by atoms with Crippen molar-refractivity contribution in [2.24, 2.45) is 5.41 Å². The molecule has 0 aromatic heterocycles. The third-order valence-corrected chi connectivity index (χ3v) is 4.95. The maximum atomic E-state index is 11.9. The largest absolute Gasteiger partial charge is 0.378 e. The maximum absolute atomic E-state index is 11.9. The Morgan fingerprint density at radius 2 is 2.26 bits per heavy atom. The Bertz CT molecular complexity index is 331. The molecule has 0 saturated carbocycles. The van der Waals surface area contributed by atoms with Crippen LogP contribution in [0.3, 0.4) is 0 Å². The number of carbonyl (C=O) groups is 1. The number of likely N-dealkylation sites (tertiary alicyclic amines) is 1. The fourth-order valence-electron chi connectivity index (χ4n) is 3.73. The lowest BCUT2D eigenvalue weighted by atomic mass is 9.75. The second kappa shape index (κ2) is 5.67. The zero-order chi connectivity index (χ0) is 13.1. The first kappa shape index (κ1) is 13.2. The highest BCUT2D eigenvalue weighted by molar-refractivity contribution is 5.74. The van der Waals surface area contributed by atoms with Crippen molar-refractivity contribution in [1.82, 2.24) is 15.5 Å². The van der Waals surface area contributed by atoms with Crippen molar-refractivity contribution < 1.29 is 9.53 Å². The summed E-state index contributed by atoms with van der Waals surface area (Å²) in [6.07, 6.45) is 5.97. The maximum Gasteiger partial charge on any atom is 0.317 e. The monoisotopic (exact) mass is 267 g/mol. The summed E-state index contributed by atoms with van der Waals surface area (Å²) in [5, 5.41) is 6.57. The van der Waals surface area contributed by atoms with Gasteiger partial charge in [-0.3, -0.25) is 0 Å². The average Bonchev–Trinajstić information content (AvgIpc) is 3.08. The van der Waals surface area contributed by atoms with Crippen molar-refractivity contribution in [3.8, 4) is 0 Å². The number of hydrogen-bond acceptors (Lipinski definition) is 3. The van der Waals surface area contributed by atoms with Crippen LogP contribution in [-0.2, 0) is 4.74 Å². The summed E-state index contributed by atoms with van der Waals surface area (Å²) in [5.74, 6) is 0. The number of rotatable bonds is 3. The van der Waals surface area contributed by atoms with E-state index in [2.05, 4.69) is 10.6 Å². The molecule has 19 heavy (non-hydrogen) atoms. The van der Waals surface area contributed by atoms with Gasteiger partial charge in [0.15, 0.2) is 0 Å². The van der Waals surface area contributed by atoms with Crippen molar-refractivity contribution in [3.05, 3.63) is 0 Å². The average molecular weight is 267 g/mol. The zero-order valence-corrected chi connectivity index (χ0v) is 11.6. The summed E-state index contributed by atoms with van der Waals surface area (Å²) < 4.78 is 5.85. The lowest BCUT2D eigenvalue weighted by Crippen LogP contribution is -2.49. The third kappa shape index (κ3) is 2.72. The molecular formula is C14H25N3O2. The summed E-state index contributed by atoms with van der Waals surface area (Å²) in [4.78, 5) is 13.9. The molecule has 2 N–H and O–H groups in total. The number of amides is 2. The minimum Gasteiger partial charge on any atom is -0.378 e. The van der Waals surface area contributed by atoms with Gasteiger partial charge in [-0.05, 0) is 38.6 Å². The molecule has 2 amide bonds. The first-order valence-corrected chi connectivity index (χ1v) is 7.65. The fraction of sp³-hybridized carbons (Fsp3) is 0.929. The van der Waals surface area contributed by atoms with Crippen molar-refractivity contribution in [1.29, 1.82) is 0 Å². The van der Waals surface area contributed by atoms with Crippen LogP contribution in [0.25, 0.3) is 0 Å². The molecule has 3 aliphatic rings. The summed E-state index contributed by atoms with van der Waals surface area (Å²) in [5.41, 5.74) is 0.260. The summed E-state index contributed by atoms with van der Waals surface area (Å²) >= 11 is 0. The topological polar surface area (TPSA) is 53.6 Å². The molecule has 0 radical (unpaired) electrons.